The molecule has 0 aromatic heterocycles. The number of likely N-dealkylation sites (N-methyl/N-ethyl adjacent to an activating group) is 1. The number of imide groups is 1. The summed E-state index contributed by atoms with van der Waals surface area (Å²) in [7, 11) is 0. The van der Waals surface area contributed by atoms with Crippen molar-refractivity contribution >= 4 is 29.3 Å². The summed E-state index contributed by atoms with van der Waals surface area (Å²) in [6.45, 7) is 9.00. The summed E-state index contributed by atoms with van der Waals surface area (Å²) < 4.78 is 0. The predicted molar refractivity (Wildman–Crippen MR) is 122 cm³/mol. The van der Waals surface area contributed by atoms with Crippen LogP contribution in [0.2, 0.25) is 0 Å². The molecule has 0 fully saturated rings. The van der Waals surface area contributed by atoms with Crippen molar-refractivity contribution in [3.05, 3.63) is 64.7 Å². The summed E-state index contributed by atoms with van der Waals surface area (Å²) in [5.41, 5.74) is 2.01. The van der Waals surface area contributed by atoms with Crippen LogP contribution < -0.4 is 5.32 Å². The quantitative estimate of drug-likeness (QED) is 0.674. The van der Waals surface area contributed by atoms with Crippen molar-refractivity contribution in [2.75, 3.05) is 18.4 Å². The van der Waals surface area contributed by atoms with Gasteiger partial charge in [0.25, 0.3) is 11.8 Å². The molecule has 7 heteroatoms. The topological polar surface area (TPSA) is 86.8 Å². The molecule has 0 aliphatic carbocycles. The number of amides is 4. The second kappa shape index (κ2) is 8.94. The molecule has 0 saturated heterocycles. The minimum Gasteiger partial charge on any atom is -0.327 e. The molecule has 0 unspecified atom stereocenters. The summed E-state index contributed by atoms with van der Waals surface area (Å²) in [6.07, 6.45) is 0.367. The Morgan fingerprint density at radius 3 is 1.94 bits per heavy atom. The number of nitrogens with zero attached hydrogens (tertiary/aromatic N) is 2. The van der Waals surface area contributed by atoms with Crippen LogP contribution in [0.3, 0.4) is 0 Å². The van der Waals surface area contributed by atoms with Crippen molar-refractivity contribution in [3.63, 3.8) is 0 Å². The van der Waals surface area contributed by atoms with Gasteiger partial charge in [0.2, 0.25) is 11.8 Å². The van der Waals surface area contributed by atoms with Crippen molar-refractivity contribution in [1.29, 1.82) is 0 Å². The van der Waals surface area contributed by atoms with E-state index < -0.39 is 29.8 Å². The van der Waals surface area contributed by atoms with E-state index in [0.717, 1.165) is 21.7 Å². The van der Waals surface area contributed by atoms with Crippen LogP contribution in [0.4, 0.5) is 5.69 Å². The fourth-order valence-electron chi connectivity index (χ4n) is 4.14. The molecule has 3 rings (SSSR count). The number of hydrogen-bond acceptors (Lipinski definition) is 4. The number of para-hydroxylation sites is 1. The molecule has 168 valence electrons. The second-order valence-corrected chi connectivity index (χ2v) is 8.23. The standard InChI is InChI=1S/C25H29N3O4/c1-6-25(5,24(32)26-21-16(3)11-10-12-17(21)4)28(7-2)20(29)15-27-22(30)18-13-8-9-14-19(18)23(27)31/h8-14H,6-7,15H2,1-5H3,(H,26,32)/t25-/m0/s1. The van der Waals surface area contributed by atoms with Gasteiger partial charge in [-0.25, -0.2) is 0 Å². The zero-order valence-electron chi connectivity index (χ0n) is 19.2. The number of fused-ring (bicyclic) bond motifs is 1. The summed E-state index contributed by atoms with van der Waals surface area (Å²) in [5.74, 6) is -1.75. The molecule has 0 radical (unpaired) electrons. The second-order valence-electron chi connectivity index (χ2n) is 8.23. The Labute approximate surface area is 188 Å². The smallest absolute Gasteiger partial charge is 0.262 e. The zero-order valence-corrected chi connectivity index (χ0v) is 19.2. The fourth-order valence-corrected chi connectivity index (χ4v) is 4.14. The highest BCUT2D eigenvalue weighted by Gasteiger charge is 2.43. The van der Waals surface area contributed by atoms with Gasteiger partial charge in [-0.3, -0.25) is 24.1 Å². The van der Waals surface area contributed by atoms with E-state index in [-0.39, 0.29) is 12.5 Å². The van der Waals surface area contributed by atoms with Crippen LogP contribution in [-0.2, 0) is 9.59 Å². The first kappa shape index (κ1) is 23.2. The lowest BCUT2D eigenvalue weighted by Crippen LogP contribution is -2.59. The third kappa shape index (κ3) is 3.90. The van der Waals surface area contributed by atoms with Gasteiger partial charge in [-0.15, -0.1) is 0 Å². The molecular formula is C25H29N3O4. The maximum atomic E-state index is 13.4. The Morgan fingerprint density at radius 2 is 1.47 bits per heavy atom. The third-order valence-electron chi connectivity index (χ3n) is 6.28. The lowest BCUT2D eigenvalue weighted by molar-refractivity contribution is -0.144. The van der Waals surface area contributed by atoms with Crippen LogP contribution >= 0.6 is 0 Å². The molecule has 32 heavy (non-hydrogen) atoms. The first-order chi connectivity index (χ1) is 15.2. The average molecular weight is 436 g/mol. The van der Waals surface area contributed by atoms with Gasteiger partial charge in [0.1, 0.15) is 12.1 Å². The summed E-state index contributed by atoms with van der Waals surface area (Å²) in [4.78, 5) is 54.4. The van der Waals surface area contributed by atoms with Crippen LogP contribution in [0.5, 0.6) is 0 Å². The predicted octanol–water partition coefficient (Wildman–Crippen LogP) is 3.56. The number of benzene rings is 2. The number of carbonyl (C=O) groups excluding carboxylic acids is 4. The van der Waals surface area contributed by atoms with Crippen LogP contribution in [0.25, 0.3) is 0 Å². The van der Waals surface area contributed by atoms with E-state index in [0.29, 0.717) is 17.5 Å². The highest BCUT2D eigenvalue weighted by molar-refractivity contribution is 6.22. The lowest BCUT2D eigenvalue weighted by Gasteiger charge is -2.39. The Balaban J connectivity index is 1.83. The van der Waals surface area contributed by atoms with Gasteiger partial charge in [-0.1, -0.05) is 37.3 Å². The van der Waals surface area contributed by atoms with E-state index >= 15 is 0 Å². The van der Waals surface area contributed by atoms with E-state index in [1.54, 1.807) is 38.1 Å². The van der Waals surface area contributed by atoms with Gasteiger partial charge in [0.15, 0.2) is 0 Å². The van der Waals surface area contributed by atoms with Gasteiger partial charge >= 0.3 is 0 Å². The molecule has 0 spiro atoms. The first-order valence-corrected chi connectivity index (χ1v) is 10.8. The van der Waals surface area contributed by atoms with Gasteiger partial charge in [0.05, 0.1) is 11.1 Å². The Bertz CT molecular complexity index is 1040. The molecule has 1 heterocycles. The van der Waals surface area contributed by atoms with Gasteiger partial charge in [-0.05, 0) is 57.4 Å². The third-order valence-corrected chi connectivity index (χ3v) is 6.28. The molecule has 2 aromatic rings. The van der Waals surface area contributed by atoms with E-state index in [4.69, 9.17) is 0 Å². The minimum absolute atomic E-state index is 0.256. The van der Waals surface area contributed by atoms with Gasteiger partial charge in [0, 0.05) is 12.2 Å². The number of nitrogens with one attached hydrogen (secondary N) is 1. The number of carbonyl (C=O) groups is 4. The number of hydrogen-bond donors (Lipinski definition) is 1. The Morgan fingerprint density at radius 1 is 0.938 bits per heavy atom. The van der Waals surface area contributed by atoms with E-state index in [2.05, 4.69) is 5.32 Å². The maximum absolute atomic E-state index is 13.4. The van der Waals surface area contributed by atoms with Crippen LogP contribution in [-0.4, -0.2) is 52.1 Å². The molecule has 1 aliphatic heterocycles. The lowest BCUT2D eigenvalue weighted by atomic mass is 9.94. The van der Waals surface area contributed by atoms with E-state index in [1.165, 1.54) is 4.90 Å². The first-order valence-electron chi connectivity index (χ1n) is 10.8. The molecule has 1 atom stereocenters. The summed E-state index contributed by atoms with van der Waals surface area (Å²) >= 11 is 0. The molecular weight excluding hydrogens is 406 g/mol. The normalized spacial score (nSPS) is 14.7. The molecule has 0 bridgehead atoms. The van der Waals surface area contributed by atoms with E-state index in [1.807, 2.05) is 39.0 Å². The van der Waals surface area contributed by atoms with Crippen molar-refractivity contribution < 1.29 is 19.2 Å². The molecule has 1 N–H and O–H groups in total. The molecule has 4 amide bonds. The highest BCUT2D eigenvalue weighted by Crippen LogP contribution is 2.27. The fraction of sp³-hybridized carbons (Fsp3) is 0.360. The molecule has 1 aliphatic rings. The van der Waals surface area contributed by atoms with Crippen molar-refractivity contribution in [3.8, 4) is 0 Å². The average Bonchev–Trinajstić information content (AvgIpc) is 3.01. The summed E-state index contributed by atoms with van der Waals surface area (Å²) in [6, 6.07) is 12.3. The summed E-state index contributed by atoms with van der Waals surface area (Å²) in [5, 5.41) is 2.98. The van der Waals surface area contributed by atoms with Crippen LogP contribution in [0.1, 0.15) is 59.0 Å². The van der Waals surface area contributed by atoms with Gasteiger partial charge in [-0.2, -0.15) is 0 Å². The Kier molecular flexibility index (Phi) is 6.48. The minimum atomic E-state index is -1.15. The van der Waals surface area contributed by atoms with Gasteiger partial charge < -0.3 is 10.2 Å². The molecule has 2 aromatic carbocycles. The van der Waals surface area contributed by atoms with E-state index in [9.17, 15) is 19.2 Å². The molecule has 0 saturated carbocycles. The number of rotatable bonds is 7. The molecule has 7 nitrogen and oxygen atoms in total. The number of aryl methyl sites for hydroxylation is 2. The largest absolute Gasteiger partial charge is 0.327 e. The maximum Gasteiger partial charge on any atom is 0.262 e. The Hall–Kier alpha value is -3.48. The SMILES string of the molecule is CCN(C(=O)CN1C(=O)c2ccccc2C1=O)[C@@](C)(CC)C(=O)Nc1c(C)cccc1C. The van der Waals surface area contributed by atoms with Crippen molar-refractivity contribution in [2.24, 2.45) is 0 Å². The number of anilines is 1. The van der Waals surface area contributed by atoms with Crippen molar-refractivity contribution in [1.82, 2.24) is 9.80 Å². The zero-order chi connectivity index (χ0) is 23.6. The van der Waals surface area contributed by atoms with Crippen LogP contribution in [0.15, 0.2) is 42.5 Å². The monoisotopic (exact) mass is 435 g/mol. The van der Waals surface area contributed by atoms with Crippen LogP contribution in [0, 0.1) is 13.8 Å². The highest BCUT2D eigenvalue weighted by atomic mass is 16.2. The van der Waals surface area contributed by atoms with Crippen molar-refractivity contribution in [2.45, 2.75) is 46.6 Å².